The highest BCUT2D eigenvalue weighted by molar-refractivity contribution is 5.95. The Morgan fingerprint density at radius 1 is 1.27 bits per heavy atom. The van der Waals surface area contributed by atoms with E-state index in [1.807, 2.05) is 30.3 Å². The van der Waals surface area contributed by atoms with Crippen molar-refractivity contribution in [2.24, 2.45) is 0 Å². The van der Waals surface area contributed by atoms with E-state index in [1.165, 1.54) is 11.1 Å². The average Bonchev–Trinajstić information content (AvgIpc) is 3.17. The van der Waals surface area contributed by atoms with Gasteiger partial charge in [0.2, 0.25) is 11.9 Å². The second-order valence-electron chi connectivity index (χ2n) is 6.95. The molecule has 0 saturated carbocycles. The second kappa shape index (κ2) is 6.33. The van der Waals surface area contributed by atoms with Crippen LogP contribution in [0.3, 0.4) is 0 Å². The predicted molar refractivity (Wildman–Crippen MR) is 103 cm³/mol. The maximum absolute atomic E-state index is 12.5. The summed E-state index contributed by atoms with van der Waals surface area (Å²) >= 11 is 0. The molecule has 0 bridgehead atoms. The van der Waals surface area contributed by atoms with Crippen LogP contribution in [0.1, 0.15) is 36.5 Å². The Morgan fingerprint density at radius 2 is 2.08 bits per heavy atom. The molecule has 0 unspecified atom stereocenters. The van der Waals surface area contributed by atoms with Gasteiger partial charge < -0.3 is 9.40 Å². The molecule has 2 aromatic heterocycles. The van der Waals surface area contributed by atoms with Crippen LogP contribution in [-0.2, 0) is 11.2 Å². The number of benzene rings is 2. The number of imidazole rings is 1. The van der Waals surface area contributed by atoms with Crippen LogP contribution in [0, 0.1) is 6.92 Å². The molecule has 0 radical (unpaired) electrons. The molecule has 26 heavy (non-hydrogen) atoms. The molecule has 5 nitrogen and oxygen atoms in total. The van der Waals surface area contributed by atoms with Gasteiger partial charge in [0.1, 0.15) is 5.58 Å². The van der Waals surface area contributed by atoms with Gasteiger partial charge in [-0.05, 0) is 48.2 Å². The Balaban J connectivity index is 1.58. The molecule has 0 aliphatic carbocycles. The van der Waals surface area contributed by atoms with Crippen LogP contribution in [0.2, 0.25) is 0 Å². The van der Waals surface area contributed by atoms with E-state index in [0.717, 1.165) is 27.6 Å². The minimum Gasteiger partial charge on any atom is -0.464 e. The summed E-state index contributed by atoms with van der Waals surface area (Å²) in [6, 6.07) is 11.9. The van der Waals surface area contributed by atoms with E-state index in [-0.39, 0.29) is 12.3 Å². The number of fused-ring (bicyclic) bond motifs is 2. The highest BCUT2D eigenvalue weighted by Gasteiger charge is 2.15. The fourth-order valence-corrected chi connectivity index (χ4v) is 3.36. The number of anilines is 1. The minimum atomic E-state index is -0.126. The third-order valence-corrected chi connectivity index (χ3v) is 4.66. The molecule has 132 valence electrons. The normalized spacial score (nSPS) is 11.5. The molecule has 5 heteroatoms. The lowest BCUT2D eigenvalue weighted by Crippen LogP contribution is -2.15. The SMILES string of the molecule is Cc1cc2occ(CC(=O)Nc3nc4ccccc4[nH]3)c2cc1C(C)C. The summed E-state index contributed by atoms with van der Waals surface area (Å²) in [4.78, 5) is 20.0. The number of aryl methyl sites for hydroxylation is 1. The molecule has 0 atom stereocenters. The first-order valence-corrected chi connectivity index (χ1v) is 8.76. The molecular weight excluding hydrogens is 326 g/mol. The van der Waals surface area contributed by atoms with Crippen LogP contribution in [0.4, 0.5) is 5.95 Å². The Kier molecular flexibility index (Phi) is 3.99. The van der Waals surface area contributed by atoms with Crippen LogP contribution in [-0.4, -0.2) is 15.9 Å². The minimum absolute atomic E-state index is 0.126. The first-order valence-electron chi connectivity index (χ1n) is 8.76. The number of amides is 1. The van der Waals surface area contributed by atoms with Crippen molar-refractivity contribution in [1.82, 2.24) is 9.97 Å². The Bertz CT molecular complexity index is 1070. The summed E-state index contributed by atoms with van der Waals surface area (Å²) in [5.41, 5.74) is 5.91. The van der Waals surface area contributed by atoms with Crippen LogP contribution in [0.5, 0.6) is 0 Å². The van der Waals surface area contributed by atoms with E-state index in [9.17, 15) is 4.79 Å². The van der Waals surface area contributed by atoms with Gasteiger partial charge in [-0.25, -0.2) is 4.98 Å². The third kappa shape index (κ3) is 2.96. The molecule has 0 fully saturated rings. The monoisotopic (exact) mass is 347 g/mol. The Morgan fingerprint density at radius 3 is 2.85 bits per heavy atom. The number of rotatable bonds is 4. The zero-order valence-electron chi connectivity index (χ0n) is 15.1. The van der Waals surface area contributed by atoms with Crippen molar-refractivity contribution < 1.29 is 9.21 Å². The maximum atomic E-state index is 12.5. The molecule has 2 N–H and O–H groups in total. The summed E-state index contributed by atoms with van der Waals surface area (Å²) in [5.74, 6) is 0.757. The van der Waals surface area contributed by atoms with Crippen LogP contribution in [0.25, 0.3) is 22.0 Å². The largest absolute Gasteiger partial charge is 0.464 e. The molecule has 0 aliphatic heterocycles. The molecule has 2 heterocycles. The molecular formula is C21H21N3O2. The van der Waals surface area contributed by atoms with E-state index in [1.54, 1.807) is 6.26 Å². The number of carbonyl (C=O) groups excluding carboxylic acids is 1. The predicted octanol–water partition coefficient (Wildman–Crippen LogP) is 4.92. The van der Waals surface area contributed by atoms with Gasteiger partial charge >= 0.3 is 0 Å². The van der Waals surface area contributed by atoms with Crippen molar-refractivity contribution in [2.75, 3.05) is 5.32 Å². The van der Waals surface area contributed by atoms with Gasteiger partial charge in [0.15, 0.2) is 0 Å². The summed E-state index contributed by atoms with van der Waals surface area (Å²) in [6.45, 7) is 6.43. The molecule has 2 aromatic carbocycles. The fraction of sp³-hybridized carbons (Fsp3) is 0.238. The second-order valence-corrected chi connectivity index (χ2v) is 6.95. The average molecular weight is 347 g/mol. The zero-order valence-corrected chi connectivity index (χ0v) is 15.1. The Labute approximate surface area is 151 Å². The molecule has 1 amide bonds. The maximum Gasteiger partial charge on any atom is 0.231 e. The third-order valence-electron chi connectivity index (χ3n) is 4.66. The van der Waals surface area contributed by atoms with Crippen LogP contribution < -0.4 is 5.32 Å². The lowest BCUT2D eigenvalue weighted by Gasteiger charge is -2.09. The number of aromatic nitrogens is 2. The smallest absolute Gasteiger partial charge is 0.231 e. The van der Waals surface area contributed by atoms with E-state index in [2.05, 4.69) is 42.1 Å². The van der Waals surface area contributed by atoms with Crippen molar-refractivity contribution in [1.29, 1.82) is 0 Å². The highest BCUT2D eigenvalue weighted by Crippen LogP contribution is 2.29. The number of nitrogens with one attached hydrogen (secondary N) is 2. The molecule has 0 saturated heterocycles. The number of carbonyl (C=O) groups is 1. The summed E-state index contributed by atoms with van der Waals surface area (Å²) in [5, 5.41) is 3.83. The van der Waals surface area contributed by atoms with Crippen molar-refractivity contribution in [3.8, 4) is 0 Å². The first-order chi connectivity index (χ1) is 12.5. The first kappa shape index (κ1) is 16.4. The lowest BCUT2D eigenvalue weighted by molar-refractivity contribution is -0.115. The van der Waals surface area contributed by atoms with E-state index >= 15 is 0 Å². The number of nitrogens with zero attached hydrogens (tertiary/aromatic N) is 1. The van der Waals surface area contributed by atoms with Gasteiger partial charge in [0.25, 0.3) is 0 Å². The van der Waals surface area contributed by atoms with Crippen molar-refractivity contribution >= 4 is 33.9 Å². The number of para-hydroxylation sites is 2. The van der Waals surface area contributed by atoms with E-state index in [0.29, 0.717) is 11.9 Å². The number of furan rings is 1. The van der Waals surface area contributed by atoms with Crippen molar-refractivity contribution in [3.05, 3.63) is 59.4 Å². The van der Waals surface area contributed by atoms with Crippen LogP contribution >= 0.6 is 0 Å². The molecule has 0 spiro atoms. The van der Waals surface area contributed by atoms with Gasteiger partial charge in [0.05, 0.1) is 23.7 Å². The number of hydrogen-bond acceptors (Lipinski definition) is 3. The topological polar surface area (TPSA) is 70.9 Å². The van der Waals surface area contributed by atoms with E-state index < -0.39 is 0 Å². The van der Waals surface area contributed by atoms with Crippen LogP contribution in [0.15, 0.2) is 47.1 Å². The number of H-pyrrole nitrogens is 1. The number of hydrogen-bond donors (Lipinski definition) is 2. The quantitative estimate of drug-likeness (QED) is 0.550. The van der Waals surface area contributed by atoms with Gasteiger partial charge in [-0.15, -0.1) is 0 Å². The van der Waals surface area contributed by atoms with E-state index in [4.69, 9.17) is 4.42 Å². The lowest BCUT2D eigenvalue weighted by atomic mass is 9.95. The highest BCUT2D eigenvalue weighted by atomic mass is 16.3. The number of aromatic amines is 1. The van der Waals surface area contributed by atoms with Gasteiger partial charge in [-0.1, -0.05) is 26.0 Å². The van der Waals surface area contributed by atoms with Gasteiger partial charge in [0, 0.05) is 10.9 Å². The fourth-order valence-electron chi connectivity index (χ4n) is 3.36. The summed E-state index contributed by atoms with van der Waals surface area (Å²) in [6.07, 6.45) is 1.91. The molecule has 4 rings (SSSR count). The van der Waals surface area contributed by atoms with Crippen molar-refractivity contribution in [3.63, 3.8) is 0 Å². The van der Waals surface area contributed by atoms with Gasteiger partial charge in [-0.2, -0.15) is 0 Å². The summed E-state index contributed by atoms with van der Waals surface area (Å²) < 4.78 is 5.66. The zero-order chi connectivity index (χ0) is 18.3. The van der Waals surface area contributed by atoms with Crippen molar-refractivity contribution in [2.45, 2.75) is 33.1 Å². The standard InChI is InChI=1S/C21H21N3O2/c1-12(2)15-10-16-14(11-26-19(16)8-13(15)3)9-20(25)24-21-22-17-6-4-5-7-18(17)23-21/h4-8,10-12H,9H2,1-3H3,(H2,22,23,24,25). The molecule has 0 aliphatic rings. The Hall–Kier alpha value is -3.08. The summed E-state index contributed by atoms with van der Waals surface area (Å²) in [7, 11) is 0. The van der Waals surface area contributed by atoms with Gasteiger partial charge in [-0.3, -0.25) is 10.1 Å². The molecule has 4 aromatic rings.